The summed E-state index contributed by atoms with van der Waals surface area (Å²) >= 11 is 0. The maximum absolute atomic E-state index is 5.22. The number of aliphatic imine (C=N–C) groups is 2. The van der Waals surface area contributed by atoms with Crippen molar-refractivity contribution in [1.82, 2.24) is 0 Å². The minimum absolute atomic E-state index is 0. The van der Waals surface area contributed by atoms with Crippen LogP contribution in [0.2, 0.25) is 0 Å². The van der Waals surface area contributed by atoms with Crippen LogP contribution in [0.15, 0.2) is 46.4 Å². The molecule has 0 bridgehead atoms. The van der Waals surface area contributed by atoms with Gasteiger partial charge in [0.05, 0.1) is 22.8 Å². The van der Waals surface area contributed by atoms with Gasteiger partial charge in [0.15, 0.2) is 0 Å². The Labute approximate surface area is 248 Å². The Morgan fingerprint density at radius 2 is 0.974 bits per heavy atom. The van der Waals surface area contributed by atoms with Gasteiger partial charge in [-0.05, 0) is 92.0 Å². The second kappa shape index (κ2) is 20.4. The molecule has 0 radical (unpaired) electrons. The van der Waals surface area contributed by atoms with Crippen molar-refractivity contribution in [3.8, 4) is 0 Å². The molecular formula is C35H54N2Pd. The van der Waals surface area contributed by atoms with E-state index in [9.17, 15) is 0 Å². The first-order chi connectivity index (χ1) is 18.1. The normalized spacial score (nSPS) is 12.1. The molecule has 0 saturated carbocycles. The molecule has 0 atom stereocenters. The SMILES string of the molecule is CCCCCCCCC(=N\c1ccc(CCC)c(CCC)c1)/C(C)=N/c1ccc(CCC)c(CCC)c1.[Pd]. The van der Waals surface area contributed by atoms with Crippen LogP contribution in [-0.2, 0) is 46.1 Å². The third-order valence-electron chi connectivity index (χ3n) is 7.20. The van der Waals surface area contributed by atoms with Crippen LogP contribution in [0.25, 0.3) is 0 Å². The second-order valence-corrected chi connectivity index (χ2v) is 10.7. The average Bonchev–Trinajstić information content (AvgIpc) is 2.89. The fraction of sp³-hybridized carbons (Fsp3) is 0.600. The van der Waals surface area contributed by atoms with Gasteiger partial charge < -0.3 is 0 Å². The monoisotopic (exact) mass is 608 g/mol. The van der Waals surface area contributed by atoms with Gasteiger partial charge in [-0.2, -0.15) is 0 Å². The van der Waals surface area contributed by atoms with Crippen LogP contribution in [0.3, 0.4) is 0 Å². The molecule has 2 aromatic rings. The third kappa shape index (κ3) is 12.1. The Bertz CT molecular complexity index is 989. The number of hydrogen-bond acceptors (Lipinski definition) is 2. The summed E-state index contributed by atoms with van der Waals surface area (Å²) in [7, 11) is 0. The number of hydrogen-bond donors (Lipinski definition) is 0. The molecule has 214 valence electrons. The molecule has 38 heavy (non-hydrogen) atoms. The van der Waals surface area contributed by atoms with E-state index in [-0.39, 0.29) is 20.4 Å². The molecule has 0 aliphatic carbocycles. The molecule has 2 aromatic carbocycles. The van der Waals surface area contributed by atoms with Crippen LogP contribution in [-0.4, -0.2) is 11.4 Å². The molecule has 0 spiro atoms. The Balaban J connectivity index is 0.00000722. The van der Waals surface area contributed by atoms with Gasteiger partial charge >= 0.3 is 0 Å². The third-order valence-corrected chi connectivity index (χ3v) is 7.20. The summed E-state index contributed by atoms with van der Waals surface area (Å²) in [4.78, 5) is 10.3. The van der Waals surface area contributed by atoms with E-state index in [0.29, 0.717) is 0 Å². The zero-order valence-corrected chi connectivity index (χ0v) is 26.8. The van der Waals surface area contributed by atoms with Crippen molar-refractivity contribution < 1.29 is 20.4 Å². The van der Waals surface area contributed by atoms with Gasteiger partial charge in [-0.3, -0.25) is 9.98 Å². The Kier molecular flexibility index (Phi) is 18.5. The largest absolute Gasteiger partial charge is 0.252 e. The summed E-state index contributed by atoms with van der Waals surface area (Å²) in [5.74, 6) is 0. The van der Waals surface area contributed by atoms with Crippen molar-refractivity contribution >= 4 is 22.8 Å². The molecule has 2 nitrogen and oxygen atoms in total. The Hall–Kier alpha value is -1.56. The minimum atomic E-state index is 0. The van der Waals surface area contributed by atoms with Crippen LogP contribution in [0.4, 0.5) is 11.4 Å². The van der Waals surface area contributed by atoms with Gasteiger partial charge in [0.1, 0.15) is 0 Å². The van der Waals surface area contributed by atoms with E-state index < -0.39 is 0 Å². The van der Waals surface area contributed by atoms with E-state index in [1.807, 2.05) is 0 Å². The molecule has 0 saturated heterocycles. The summed E-state index contributed by atoms with van der Waals surface area (Å²) in [6.07, 6.45) is 18.0. The van der Waals surface area contributed by atoms with Crippen molar-refractivity contribution in [3.05, 3.63) is 58.7 Å². The zero-order valence-electron chi connectivity index (χ0n) is 25.3. The maximum Gasteiger partial charge on any atom is 0.0636 e. The molecule has 0 aromatic heterocycles. The molecule has 0 amide bonds. The van der Waals surface area contributed by atoms with Crippen molar-refractivity contribution in [2.45, 2.75) is 138 Å². The second-order valence-electron chi connectivity index (χ2n) is 10.7. The molecule has 0 heterocycles. The van der Waals surface area contributed by atoms with E-state index in [4.69, 9.17) is 9.98 Å². The summed E-state index contributed by atoms with van der Waals surface area (Å²) in [6, 6.07) is 13.7. The summed E-state index contributed by atoms with van der Waals surface area (Å²) in [5, 5.41) is 0. The first kappa shape index (κ1) is 34.5. The van der Waals surface area contributed by atoms with E-state index in [1.165, 1.54) is 86.5 Å². The molecule has 0 aliphatic rings. The van der Waals surface area contributed by atoms with Gasteiger partial charge in [0, 0.05) is 20.4 Å². The van der Waals surface area contributed by atoms with E-state index in [1.54, 1.807) is 0 Å². The zero-order chi connectivity index (χ0) is 26.9. The number of benzene rings is 2. The molecule has 0 aliphatic heterocycles. The predicted molar refractivity (Wildman–Crippen MR) is 167 cm³/mol. The minimum Gasteiger partial charge on any atom is -0.252 e. The maximum atomic E-state index is 5.22. The molecule has 0 fully saturated rings. The van der Waals surface area contributed by atoms with Crippen molar-refractivity contribution in [2.75, 3.05) is 0 Å². The first-order valence-corrected chi connectivity index (χ1v) is 15.4. The number of rotatable bonds is 18. The van der Waals surface area contributed by atoms with Crippen molar-refractivity contribution in [2.24, 2.45) is 9.98 Å². The van der Waals surface area contributed by atoms with Crippen LogP contribution in [0.1, 0.15) is 134 Å². The molecule has 0 N–H and O–H groups in total. The van der Waals surface area contributed by atoms with Gasteiger partial charge in [-0.15, -0.1) is 0 Å². The quantitative estimate of drug-likeness (QED) is 0.0913. The van der Waals surface area contributed by atoms with Crippen LogP contribution < -0.4 is 0 Å². The summed E-state index contributed by atoms with van der Waals surface area (Å²) in [5.41, 5.74) is 10.3. The standard InChI is InChI=1S/C35H54N2.Pd/c1-7-12-13-14-15-16-21-35(37-34-25-23-30(18-9-3)32(27-34)20-11-5)28(6)36-33-24-22-29(17-8-2)31(26-33)19-10-4;/h22-27H,7-21H2,1-6H3;/b36-28+,37-35+;. The Morgan fingerprint density at radius 1 is 0.526 bits per heavy atom. The fourth-order valence-electron chi connectivity index (χ4n) is 5.20. The van der Waals surface area contributed by atoms with Gasteiger partial charge in [0.25, 0.3) is 0 Å². The van der Waals surface area contributed by atoms with Gasteiger partial charge in [0.2, 0.25) is 0 Å². The Morgan fingerprint density at radius 3 is 1.47 bits per heavy atom. The molecular weight excluding hydrogens is 555 g/mol. The van der Waals surface area contributed by atoms with Crippen molar-refractivity contribution in [1.29, 1.82) is 0 Å². The topological polar surface area (TPSA) is 24.7 Å². The summed E-state index contributed by atoms with van der Waals surface area (Å²) in [6.45, 7) is 13.5. The number of unbranched alkanes of at least 4 members (excludes halogenated alkanes) is 5. The number of nitrogens with zero attached hydrogens (tertiary/aromatic N) is 2. The molecule has 3 heteroatoms. The van der Waals surface area contributed by atoms with Gasteiger partial charge in [-0.1, -0.05) is 105 Å². The number of aryl methyl sites for hydroxylation is 4. The first-order valence-electron chi connectivity index (χ1n) is 15.4. The van der Waals surface area contributed by atoms with E-state index >= 15 is 0 Å². The van der Waals surface area contributed by atoms with Crippen LogP contribution in [0, 0.1) is 0 Å². The van der Waals surface area contributed by atoms with E-state index in [0.717, 1.165) is 54.9 Å². The van der Waals surface area contributed by atoms with Gasteiger partial charge in [-0.25, -0.2) is 0 Å². The van der Waals surface area contributed by atoms with Crippen molar-refractivity contribution in [3.63, 3.8) is 0 Å². The van der Waals surface area contributed by atoms with Crippen LogP contribution in [0.5, 0.6) is 0 Å². The smallest absolute Gasteiger partial charge is 0.0636 e. The van der Waals surface area contributed by atoms with Crippen LogP contribution >= 0.6 is 0 Å². The average molecular weight is 609 g/mol. The molecule has 0 unspecified atom stereocenters. The van der Waals surface area contributed by atoms with E-state index in [2.05, 4.69) is 77.9 Å². The fourth-order valence-corrected chi connectivity index (χ4v) is 5.20. The summed E-state index contributed by atoms with van der Waals surface area (Å²) < 4.78 is 0. The predicted octanol–water partition coefficient (Wildman–Crippen LogP) is 11.1. The molecule has 2 rings (SSSR count).